The first-order chi connectivity index (χ1) is 9.79. The number of rotatable bonds is 6. The molecule has 5 nitrogen and oxygen atoms in total. The van der Waals surface area contributed by atoms with Crippen LogP contribution in [0.15, 0.2) is 24.5 Å². The van der Waals surface area contributed by atoms with Crippen LogP contribution in [0.5, 0.6) is 5.75 Å². The maximum atomic E-state index is 12.0. The highest BCUT2D eigenvalue weighted by molar-refractivity contribution is 5.76. The fourth-order valence-corrected chi connectivity index (χ4v) is 2.37. The summed E-state index contributed by atoms with van der Waals surface area (Å²) in [6.45, 7) is 2.31. The SMILES string of the molecule is O=C(CCCOc1cccnc1)N1CCC(CO)CC1. The van der Waals surface area contributed by atoms with E-state index in [1.54, 1.807) is 12.4 Å². The Kier molecular flexibility index (Phi) is 5.80. The molecule has 0 spiro atoms. The van der Waals surface area contributed by atoms with Gasteiger partial charge in [0.1, 0.15) is 5.75 Å². The predicted octanol–water partition coefficient (Wildman–Crippen LogP) is 1.47. The van der Waals surface area contributed by atoms with E-state index in [1.807, 2.05) is 17.0 Å². The van der Waals surface area contributed by atoms with Gasteiger partial charge >= 0.3 is 0 Å². The molecule has 1 aliphatic rings. The molecule has 110 valence electrons. The van der Waals surface area contributed by atoms with Crippen molar-refractivity contribution in [3.05, 3.63) is 24.5 Å². The van der Waals surface area contributed by atoms with Crippen LogP contribution < -0.4 is 4.74 Å². The lowest BCUT2D eigenvalue weighted by Crippen LogP contribution is -2.39. The standard InChI is InChI=1S/C15H22N2O3/c18-12-13-5-8-17(9-6-13)15(19)4-2-10-20-14-3-1-7-16-11-14/h1,3,7,11,13,18H,2,4-6,8-10,12H2. The number of aliphatic hydroxyl groups is 1. The summed E-state index contributed by atoms with van der Waals surface area (Å²) in [5.41, 5.74) is 0. The summed E-state index contributed by atoms with van der Waals surface area (Å²) in [4.78, 5) is 17.9. The molecule has 2 rings (SSSR count). The highest BCUT2D eigenvalue weighted by Crippen LogP contribution is 2.17. The van der Waals surface area contributed by atoms with E-state index in [-0.39, 0.29) is 12.5 Å². The number of carbonyl (C=O) groups is 1. The number of aromatic nitrogens is 1. The Morgan fingerprint density at radius 2 is 2.25 bits per heavy atom. The third-order valence-electron chi connectivity index (χ3n) is 3.66. The first-order valence-corrected chi connectivity index (χ1v) is 7.21. The number of amides is 1. The molecular weight excluding hydrogens is 256 g/mol. The molecule has 0 atom stereocenters. The van der Waals surface area contributed by atoms with Gasteiger partial charge in [-0.3, -0.25) is 9.78 Å². The first-order valence-electron chi connectivity index (χ1n) is 7.21. The molecule has 5 heteroatoms. The molecule has 0 radical (unpaired) electrons. The Morgan fingerprint density at radius 1 is 1.45 bits per heavy atom. The Morgan fingerprint density at radius 3 is 2.90 bits per heavy atom. The van der Waals surface area contributed by atoms with Gasteiger partial charge in [0.2, 0.25) is 5.91 Å². The average Bonchev–Trinajstić information content (AvgIpc) is 2.52. The second-order valence-corrected chi connectivity index (χ2v) is 5.15. The van der Waals surface area contributed by atoms with Crippen LogP contribution in [0.4, 0.5) is 0 Å². The van der Waals surface area contributed by atoms with Crippen molar-refractivity contribution < 1.29 is 14.6 Å². The fourth-order valence-electron chi connectivity index (χ4n) is 2.37. The van der Waals surface area contributed by atoms with E-state index in [4.69, 9.17) is 9.84 Å². The number of piperidine rings is 1. The molecule has 1 aromatic heterocycles. The van der Waals surface area contributed by atoms with E-state index in [0.717, 1.165) is 31.7 Å². The predicted molar refractivity (Wildman–Crippen MR) is 75.4 cm³/mol. The monoisotopic (exact) mass is 278 g/mol. The Bertz CT molecular complexity index is 403. The van der Waals surface area contributed by atoms with Crippen LogP contribution in [-0.2, 0) is 4.79 Å². The molecule has 0 saturated carbocycles. The number of nitrogens with zero attached hydrogens (tertiary/aromatic N) is 2. The van der Waals surface area contributed by atoms with Crippen molar-refractivity contribution in [1.29, 1.82) is 0 Å². The van der Waals surface area contributed by atoms with Crippen molar-refractivity contribution in [2.45, 2.75) is 25.7 Å². The zero-order valence-electron chi connectivity index (χ0n) is 11.7. The van der Waals surface area contributed by atoms with Crippen LogP contribution in [0.3, 0.4) is 0 Å². The number of aliphatic hydroxyl groups excluding tert-OH is 1. The summed E-state index contributed by atoms with van der Waals surface area (Å²) >= 11 is 0. The first kappa shape index (κ1) is 14.8. The van der Waals surface area contributed by atoms with Gasteiger partial charge in [-0.15, -0.1) is 0 Å². The number of hydrogen-bond donors (Lipinski definition) is 1. The van der Waals surface area contributed by atoms with Crippen molar-refractivity contribution in [3.63, 3.8) is 0 Å². The maximum Gasteiger partial charge on any atom is 0.222 e. The minimum absolute atomic E-state index is 0.191. The van der Waals surface area contributed by atoms with E-state index < -0.39 is 0 Å². The Hall–Kier alpha value is -1.62. The van der Waals surface area contributed by atoms with Crippen LogP contribution in [0.2, 0.25) is 0 Å². The summed E-state index contributed by atoms with van der Waals surface area (Å²) in [5.74, 6) is 1.30. The minimum Gasteiger partial charge on any atom is -0.492 e. The van der Waals surface area contributed by atoms with E-state index in [1.165, 1.54) is 0 Å². The van der Waals surface area contributed by atoms with Crippen LogP contribution in [0.1, 0.15) is 25.7 Å². The topological polar surface area (TPSA) is 62.7 Å². The molecule has 2 heterocycles. The van der Waals surface area contributed by atoms with Crippen LogP contribution in [0.25, 0.3) is 0 Å². The van der Waals surface area contributed by atoms with Crippen molar-refractivity contribution in [1.82, 2.24) is 9.88 Å². The van der Waals surface area contributed by atoms with Gasteiger partial charge in [0, 0.05) is 32.3 Å². The molecule has 1 fully saturated rings. The summed E-state index contributed by atoms with van der Waals surface area (Å²) in [7, 11) is 0. The summed E-state index contributed by atoms with van der Waals surface area (Å²) in [6, 6.07) is 3.68. The molecule has 1 amide bonds. The van der Waals surface area contributed by atoms with E-state index in [0.29, 0.717) is 25.4 Å². The van der Waals surface area contributed by atoms with Gasteiger partial charge < -0.3 is 14.7 Å². The third kappa shape index (κ3) is 4.49. The number of pyridine rings is 1. The van der Waals surface area contributed by atoms with Crippen LogP contribution in [-0.4, -0.2) is 47.2 Å². The second-order valence-electron chi connectivity index (χ2n) is 5.15. The maximum absolute atomic E-state index is 12.0. The minimum atomic E-state index is 0.191. The Balaban J connectivity index is 1.61. The molecule has 1 aliphatic heterocycles. The van der Waals surface area contributed by atoms with Gasteiger partial charge in [-0.1, -0.05) is 0 Å². The number of likely N-dealkylation sites (tertiary alicyclic amines) is 1. The lowest BCUT2D eigenvalue weighted by Gasteiger charge is -2.31. The molecule has 0 unspecified atom stereocenters. The number of carbonyl (C=O) groups excluding carboxylic acids is 1. The molecule has 0 aromatic carbocycles. The second kappa shape index (κ2) is 7.85. The normalized spacial score (nSPS) is 16.1. The zero-order valence-corrected chi connectivity index (χ0v) is 11.7. The fraction of sp³-hybridized carbons (Fsp3) is 0.600. The van der Waals surface area contributed by atoms with Gasteiger partial charge in [0.25, 0.3) is 0 Å². The molecule has 0 aliphatic carbocycles. The smallest absolute Gasteiger partial charge is 0.222 e. The lowest BCUT2D eigenvalue weighted by molar-refractivity contribution is -0.133. The largest absolute Gasteiger partial charge is 0.492 e. The molecule has 1 saturated heterocycles. The zero-order chi connectivity index (χ0) is 14.2. The highest BCUT2D eigenvalue weighted by Gasteiger charge is 2.21. The van der Waals surface area contributed by atoms with Gasteiger partial charge in [0.05, 0.1) is 12.8 Å². The van der Waals surface area contributed by atoms with Crippen LogP contribution in [0, 0.1) is 5.92 Å². The third-order valence-corrected chi connectivity index (χ3v) is 3.66. The van der Waals surface area contributed by atoms with Gasteiger partial charge in [-0.05, 0) is 37.3 Å². The average molecular weight is 278 g/mol. The van der Waals surface area contributed by atoms with E-state index in [2.05, 4.69) is 4.98 Å². The van der Waals surface area contributed by atoms with Gasteiger partial charge in [-0.2, -0.15) is 0 Å². The summed E-state index contributed by atoms with van der Waals surface area (Å²) < 4.78 is 5.51. The molecule has 1 aromatic rings. The van der Waals surface area contributed by atoms with Gasteiger partial charge in [-0.25, -0.2) is 0 Å². The molecule has 0 bridgehead atoms. The van der Waals surface area contributed by atoms with Crippen molar-refractivity contribution in [2.24, 2.45) is 5.92 Å². The highest BCUT2D eigenvalue weighted by atomic mass is 16.5. The molecule has 1 N–H and O–H groups in total. The quantitative estimate of drug-likeness (QED) is 0.800. The van der Waals surface area contributed by atoms with Crippen molar-refractivity contribution in [3.8, 4) is 5.75 Å². The van der Waals surface area contributed by atoms with Crippen LogP contribution >= 0.6 is 0 Å². The number of ether oxygens (including phenoxy) is 1. The summed E-state index contributed by atoms with van der Waals surface area (Å²) in [5, 5.41) is 9.07. The van der Waals surface area contributed by atoms with E-state index >= 15 is 0 Å². The molecule has 20 heavy (non-hydrogen) atoms. The lowest BCUT2D eigenvalue weighted by atomic mass is 9.97. The van der Waals surface area contributed by atoms with E-state index in [9.17, 15) is 4.79 Å². The van der Waals surface area contributed by atoms with Crippen molar-refractivity contribution >= 4 is 5.91 Å². The number of hydrogen-bond acceptors (Lipinski definition) is 4. The summed E-state index contributed by atoms with van der Waals surface area (Å²) in [6.07, 6.45) is 6.43. The molecular formula is C15H22N2O3. The van der Waals surface area contributed by atoms with Crippen molar-refractivity contribution in [2.75, 3.05) is 26.3 Å². The Labute approximate surface area is 119 Å². The van der Waals surface area contributed by atoms with Gasteiger partial charge in [0.15, 0.2) is 0 Å².